The van der Waals surface area contributed by atoms with Crippen molar-refractivity contribution in [2.45, 2.75) is 44.4 Å². The largest absolute Gasteiger partial charge is 0.379 e. The third-order valence-corrected chi connectivity index (χ3v) is 3.00. The van der Waals surface area contributed by atoms with Crippen LogP contribution in [0.3, 0.4) is 0 Å². The summed E-state index contributed by atoms with van der Waals surface area (Å²) in [4.78, 5) is 0. The molecule has 0 amide bonds. The van der Waals surface area contributed by atoms with E-state index in [-0.39, 0.29) is 10.5 Å². The zero-order valence-electron chi connectivity index (χ0n) is 8.18. The molecular weight excluding hydrogens is 204 g/mol. The highest BCUT2D eigenvalue weighted by molar-refractivity contribution is 8.13. The lowest BCUT2D eigenvalue weighted by atomic mass is 10.1. The molecule has 0 bridgehead atoms. The summed E-state index contributed by atoms with van der Waals surface area (Å²) in [5.41, 5.74) is 5.20. The van der Waals surface area contributed by atoms with Gasteiger partial charge in [-0.3, -0.25) is 5.41 Å². The number of halogens is 1. The molecule has 0 aliphatic carbocycles. The molecule has 0 aliphatic rings. The first-order valence-electron chi connectivity index (χ1n) is 4.77. The van der Waals surface area contributed by atoms with Gasteiger partial charge in [0.15, 0.2) is 5.17 Å². The lowest BCUT2D eigenvalue weighted by Crippen LogP contribution is -2.07. The number of thioether (sulfide) groups is 1. The summed E-state index contributed by atoms with van der Waals surface area (Å²) in [5.74, 6) is 0.871. The number of amidine groups is 1. The minimum atomic E-state index is 0.192. The van der Waals surface area contributed by atoms with Crippen LogP contribution in [0.5, 0.6) is 0 Å². The molecule has 0 spiro atoms. The molecule has 0 radical (unpaired) electrons. The number of nitrogens with one attached hydrogen (secondary N) is 1. The molecule has 1 atom stereocenters. The van der Waals surface area contributed by atoms with Crippen LogP contribution in [0, 0.1) is 5.41 Å². The Morgan fingerprint density at radius 2 is 2.15 bits per heavy atom. The van der Waals surface area contributed by atoms with Crippen molar-refractivity contribution < 1.29 is 0 Å². The molecule has 0 aliphatic heterocycles. The van der Waals surface area contributed by atoms with Gasteiger partial charge < -0.3 is 5.73 Å². The summed E-state index contributed by atoms with van der Waals surface area (Å²) in [6.07, 6.45) is 5.77. The Hall–Kier alpha value is 0.110. The average Bonchev–Trinajstić information content (AvgIpc) is 2.04. The lowest BCUT2D eigenvalue weighted by molar-refractivity contribution is 0.633. The summed E-state index contributed by atoms with van der Waals surface area (Å²) < 4.78 is 0. The van der Waals surface area contributed by atoms with E-state index >= 15 is 0 Å². The molecule has 0 heterocycles. The van der Waals surface area contributed by atoms with Crippen LogP contribution in [0.25, 0.3) is 0 Å². The van der Waals surface area contributed by atoms with Crippen LogP contribution < -0.4 is 5.73 Å². The Labute approximate surface area is 90.1 Å². The minimum Gasteiger partial charge on any atom is -0.379 e. The van der Waals surface area contributed by atoms with Gasteiger partial charge >= 0.3 is 0 Å². The normalized spacial score (nSPS) is 12.8. The Morgan fingerprint density at radius 1 is 1.46 bits per heavy atom. The second-order valence-electron chi connectivity index (χ2n) is 3.09. The summed E-state index contributed by atoms with van der Waals surface area (Å²) >= 11 is 7.45. The first-order valence-corrected chi connectivity index (χ1v) is 6.20. The van der Waals surface area contributed by atoms with Crippen molar-refractivity contribution in [1.82, 2.24) is 0 Å². The Bertz CT molecular complexity index is 142. The van der Waals surface area contributed by atoms with E-state index in [1.807, 2.05) is 0 Å². The molecule has 1 unspecified atom stereocenters. The van der Waals surface area contributed by atoms with E-state index in [1.54, 1.807) is 0 Å². The van der Waals surface area contributed by atoms with Crippen molar-refractivity contribution in [2.24, 2.45) is 5.73 Å². The van der Waals surface area contributed by atoms with Crippen LogP contribution in [-0.2, 0) is 0 Å². The molecule has 0 rings (SSSR count). The maximum Gasteiger partial charge on any atom is 0.151 e. The van der Waals surface area contributed by atoms with Crippen LogP contribution in [0.15, 0.2) is 0 Å². The van der Waals surface area contributed by atoms with Gasteiger partial charge in [0.25, 0.3) is 0 Å². The van der Waals surface area contributed by atoms with Gasteiger partial charge in [0.1, 0.15) is 0 Å². The van der Waals surface area contributed by atoms with Gasteiger partial charge in [0.2, 0.25) is 0 Å². The van der Waals surface area contributed by atoms with Crippen molar-refractivity contribution >= 4 is 28.5 Å². The van der Waals surface area contributed by atoms with Crippen LogP contribution in [0.2, 0.25) is 0 Å². The van der Waals surface area contributed by atoms with Gasteiger partial charge in [-0.2, -0.15) is 0 Å². The zero-order chi connectivity index (χ0) is 10.1. The van der Waals surface area contributed by atoms with Crippen LogP contribution >= 0.6 is 23.4 Å². The quantitative estimate of drug-likeness (QED) is 0.301. The molecule has 0 aromatic heterocycles. The fourth-order valence-corrected chi connectivity index (χ4v) is 2.07. The average molecular weight is 223 g/mol. The van der Waals surface area contributed by atoms with E-state index in [4.69, 9.17) is 22.7 Å². The van der Waals surface area contributed by atoms with Crippen molar-refractivity contribution in [3.8, 4) is 0 Å². The number of hydrogen-bond donors (Lipinski definition) is 2. The van der Waals surface area contributed by atoms with Crippen molar-refractivity contribution in [2.75, 3.05) is 5.75 Å². The van der Waals surface area contributed by atoms with Gasteiger partial charge in [-0.15, -0.1) is 11.6 Å². The molecule has 0 saturated carbocycles. The lowest BCUT2D eigenvalue weighted by Gasteiger charge is -2.07. The highest BCUT2D eigenvalue weighted by Crippen LogP contribution is 2.15. The number of rotatable bonds is 7. The number of nitrogens with two attached hydrogens (primary N) is 1. The van der Waals surface area contributed by atoms with Gasteiger partial charge in [0, 0.05) is 11.1 Å². The van der Waals surface area contributed by atoms with Crippen molar-refractivity contribution in [3.05, 3.63) is 0 Å². The Kier molecular flexibility index (Phi) is 8.77. The number of alkyl halides is 1. The molecule has 2 nitrogen and oxygen atoms in total. The van der Waals surface area contributed by atoms with E-state index in [0.717, 1.165) is 18.6 Å². The Morgan fingerprint density at radius 3 is 2.69 bits per heavy atom. The Balaban J connectivity index is 3.19. The molecule has 0 aromatic carbocycles. The number of hydrogen-bond acceptors (Lipinski definition) is 2. The predicted octanol–water partition coefficient (Wildman–Crippen LogP) is 3.19. The smallest absolute Gasteiger partial charge is 0.151 e. The fourth-order valence-electron chi connectivity index (χ4n) is 1.06. The third-order valence-electron chi connectivity index (χ3n) is 1.81. The van der Waals surface area contributed by atoms with Gasteiger partial charge in [0.05, 0.1) is 0 Å². The van der Waals surface area contributed by atoms with E-state index in [1.165, 1.54) is 31.0 Å². The summed E-state index contributed by atoms with van der Waals surface area (Å²) in [5, 5.41) is 7.46. The molecule has 0 saturated heterocycles. The molecule has 3 N–H and O–H groups in total. The molecule has 0 fully saturated rings. The molecule has 78 valence electrons. The highest BCUT2D eigenvalue weighted by atomic mass is 35.5. The second kappa shape index (κ2) is 8.70. The number of unbranched alkanes of at least 4 members (excludes halogenated alkanes) is 2. The SMILES string of the molecule is CCCCCC(Cl)CCSC(=N)N. The zero-order valence-corrected chi connectivity index (χ0v) is 9.76. The van der Waals surface area contributed by atoms with E-state index in [0.29, 0.717) is 0 Å². The highest BCUT2D eigenvalue weighted by Gasteiger charge is 2.04. The fraction of sp³-hybridized carbons (Fsp3) is 0.889. The van der Waals surface area contributed by atoms with Gasteiger partial charge in [-0.05, 0) is 12.8 Å². The predicted molar refractivity (Wildman–Crippen MR) is 62.8 cm³/mol. The first-order chi connectivity index (χ1) is 6.16. The van der Waals surface area contributed by atoms with Crippen LogP contribution in [0.4, 0.5) is 0 Å². The topological polar surface area (TPSA) is 49.9 Å². The van der Waals surface area contributed by atoms with Crippen molar-refractivity contribution in [3.63, 3.8) is 0 Å². The van der Waals surface area contributed by atoms with E-state index in [2.05, 4.69) is 6.92 Å². The molecule has 4 heteroatoms. The summed E-state index contributed by atoms with van der Waals surface area (Å²) in [6, 6.07) is 0. The molecular formula is C9H19ClN2S. The minimum absolute atomic E-state index is 0.192. The van der Waals surface area contributed by atoms with E-state index in [9.17, 15) is 0 Å². The van der Waals surface area contributed by atoms with Gasteiger partial charge in [-0.1, -0.05) is 37.9 Å². The third kappa shape index (κ3) is 10.0. The maximum atomic E-state index is 7.00. The van der Waals surface area contributed by atoms with Crippen LogP contribution in [0.1, 0.15) is 39.0 Å². The summed E-state index contributed by atoms with van der Waals surface area (Å²) in [6.45, 7) is 2.19. The monoisotopic (exact) mass is 222 g/mol. The van der Waals surface area contributed by atoms with Crippen LogP contribution in [-0.4, -0.2) is 16.3 Å². The first kappa shape index (κ1) is 13.1. The molecule has 13 heavy (non-hydrogen) atoms. The van der Waals surface area contributed by atoms with Gasteiger partial charge in [-0.25, -0.2) is 0 Å². The standard InChI is InChI=1S/C9H19ClN2S/c1-2-3-4-5-8(10)6-7-13-9(11)12/h8H,2-7H2,1H3,(H3,11,12). The van der Waals surface area contributed by atoms with E-state index < -0.39 is 0 Å². The second-order valence-corrected chi connectivity index (χ2v) is 4.85. The maximum absolute atomic E-state index is 7.00. The van der Waals surface area contributed by atoms with Crippen molar-refractivity contribution in [1.29, 1.82) is 5.41 Å². The molecule has 0 aromatic rings. The summed E-state index contributed by atoms with van der Waals surface area (Å²) in [7, 11) is 0.